The van der Waals surface area contributed by atoms with Crippen molar-refractivity contribution in [3.8, 4) is 5.69 Å². The van der Waals surface area contributed by atoms with E-state index in [1.54, 1.807) is 31.2 Å². The molecule has 170 valence electrons. The third-order valence-corrected chi connectivity index (χ3v) is 6.63. The van der Waals surface area contributed by atoms with Crippen molar-refractivity contribution in [3.63, 3.8) is 0 Å². The van der Waals surface area contributed by atoms with Crippen LogP contribution in [0.1, 0.15) is 11.4 Å². The van der Waals surface area contributed by atoms with Crippen molar-refractivity contribution in [2.75, 3.05) is 4.72 Å². The van der Waals surface area contributed by atoms with E-state index in [9.17, 15) is 26.4 Å². The van der Waals surface area contributed by atoms with Gasteiger partial charge in [0.25, 0.3) is 15.6 Å². The van der Waals surface area contributed by atoms with Crippen LogP contribution < -0.4 is 10.3 Å². The van der Waals surface area contributed by atoms with Crippen molar-refractivity contribution in [2.45, 2.75) is 18.0 Å². The molecule has 11 heteroatoms. The molecule has 0 aliphatic rings. The van der Waals surface area contributed by atoms with Crippen LogP contribution in [0.15, 0.2) is 76.4 Å². The Balaban J connectivity index is 1.82. The van der Waals surface area contributed by atoms with Crippen LogP contribution in [0.2, 0.25) is 5.02 Å². The smallest absolute Gasteiger partial charge is 0.278 e. The molecule has 0 unspecified atom stereocenters. The Morgan fingerprint density at radius 1 is 1.00 bits per heavy atom. The van der Waals surface area contributed by atoms with Gasteiger partial charge >= 0.3 is 6.18 Å². The Bertz CT molecular complexity index is 1550. The highest BCUT2D eigenvalue weighted by Gasteiger charge is 2.37. The largest absolute Gasteiger partial charge is 0.417 e. The minimum atomic E-state index is -4.88. The second-order valence-corrected chi connectivity index (χ2v) is 9.14. The minimum Gasteiger partial charge on any atom is -0.278 e. The highest BCUT2D eigenvalue weighted by molar-refractivity contribution is 7.92. The second kappa shape index (κ2) is 8.20. The molecular formula is C22H15ClF3N3O3S. The first-order valence-electron chi connectivity index (χ1n) is 9.46. The van der Waals surface area contributed by atoms with Gasteiger partial charge in [-0.2, -0.15) is 13.2 Å². The monoisotopic (exact) mass is 493 g/mol. The minimum absolute atomic E-state index is 0.0636. The van der Waals surface area contributed by atoms with Crippen LogP contribution in [0.4, 0.5) is 18.9 Å². The number of nitrogens with one attached hydrogen (secondary N) is 1. The lowest BCUT2D eigenvalue weighted by Gasteiger charge is -2.16. The fourth-order valence-corrected chi connectivity index (χ4v) is 4.93. The number of rotatable bonds is 4. The van der Waals surface area contributed by atoms with Crippen LogP contribution >= 0.6 is 11.6 Å². The Hall–Kier alpha value is -3.37. The van der Waals surface area contributed by atoms with Gasteiger partial charge in [0.15, 0.2) is 0 Å². The Morgan fingerprint density at radius 3 is 2.39 bits per heavy atom. The number of aromatic nitrogens is 2. The molecule has 6 nitrogen and oxygen atoms in total. The van der Waals surface area contributed by atoms with Crippen molar-refractivity contribution in [3.05, 3.63) is 93.5 Å². The van der Waals surface area contributed by atoms with Crippen LogP contribution in [0.25, 0.3) is 16.6 Å². The zero-order valence-electron chi connectivity index (χ0n) is 16.9. The van der Waals surface area contributed by atoms with Crippen LogP contribution in [0.3, 0.4) is 0 Å². The molecule has 1 N–H and O–H groups in total. The number of hydrogen-bond donors (Lipinski definition) is 1. The zero-order valence-corrected chi connectivity index (χ0v) is 18.5. The summed E-state index contributed by atoms with van der Waals surface area (Å²) in [7, 11) is -4.66. The van der Waals surface area contributed by atoms with E-state index in [1.807, 2.05) is 0 Å². The van der Waals surface area contributed by atoms with Gasteiger partial charge in [0.2, 0.25) is 0 Å². The van der Waals surface area contributed by atoms with Crippen molar-refractivity contribution in [1.82, 2.24) is 9.55 Å². The molecule has 3 aromatic carbocycles. The predicted molar refractivity (Wildman–Crippen MR) is 119 cm³/mol. The SMILES string of the molecule is Cc1nc2ccccc2c(=O)n1-c1ccc(Cl)c(NS(=O)(=O)c2ccccc2C(F)(F)F)c1. The van der Waals surface area contributed by atoms with Gasteiger partial charge in [0.1, 0.15) is 5.82 Å². The Kier molecular flexibility index (Phi) is 5.67. The summed E-state index contributed by atoms with van der Waals surface area (Å²) in [5.74, 6) is 0.331. The number of fused-ring (bicyclic) bond motifs is 1. The highest BCUT2D eigenvalue weighted by Crippen LogP contribution is 2.35. The van der Waals surface area contributed by atoms with E-state index in [-0.39, 0.29) is 16.4 Å². The van der Waals surface area contributed by atoms with Gasteiger partial charge < -0.3 is 0 Å². The number of halogens is 4. The van der Waals surface area contributed by atoms with Gasteiger partial charge in [0.05, 0.1) is 37.8 Å². The molecule has 4 aromatic rings. The fourth-order valence-electron chi connectivity index (χ4n) is 3.41. The van der Waals surface area contributed by atoms with Gasteiger partial charge in [-0.1, -0.05) is 35.9 Å². The maximum Gasteiger partial charge on any atom is 0.417 e. The summed E-state index contributed by atoms with van der Waals surface area (Å²) >= 11 is 6.13. The maximum atomic E-state index is 13.3. The van der Waals surface area contributed by atoms with E-state index in [4.69, 9.17) is 11.6 Å². The van der Waals surface area contributed by atoms with E-state index in [1.165, 1.54) is 28.8 Å². The molecule has 0 spiro atoms. The molecule has 4 rings (SSSR count). The van der Waals surface area contributed by atoms with Crippen molar-refractivity contribution in [2.24, 2.45) is 0 Å². The van der Waals surface area contributed by atoms with E-state index in [0.717, 1.165) is 12.1 Å². The van der Waals surface area contributed by atoms with Crippen molar-refractivity contribution >= 4 is 38.2 Å². The van der Waals surface area contributed by atoms with Gasteiger partial charge in [-0.25, -0.2) is 13.4 Å². The average molecular weight is 494 g/mol. The van der Waals surface area contributed by atoms with Crippen molar-refractivity contribution in [1.29, 1.82) is 0 Å². The first-order chi connectivity index (χ1) is 15.5. The molecule has 33 heavy (non-hydrogen) atoms. The van der Waals surface area contributed by atoms with E-state index in [2.05, 4.69) is 9.71 Å². The van der Waals surface area contributed by atoms with Crippen molar-refractivity contribution < 1.29 is 21.6 Å². The van der Waals surface area contributed by atoms with Crippen LogP contribution in [0.5, 0.6) is 0 Å². The summed E-state index contributed by atoms with van der Waals surface area (Å²) in [4.78, 5) is 16.5. The number of hydrogen-bond acceptors (Lipinski definition) is 4. The molecular weight excluding hydrogens is 479 g/mol. The van der Waals surface area contributed by atoms with Crippen LogP contribution in [-0.4, -0.2) is 18.0 Å². The Labute approximate surface area is 191 Å². The molecule has 0 bridgehead atoms. The third-order valence-electron chi connectivity index (χ3n) is 4.88. The lowest BCUT2D eigenvalue weighted by Crippen LogP contribution is -2.23. The summed E-state index contributed by atoms with van der Waals surface area (Å²) in [6, 6.07) is 14.6. The van der Waals surface area contributed by atoms with Crippen LogP contribution in [-0.2, 0) is 16.2 Å². The number of benzene rings is 3. The summed E-state index contributed by atoms with van der Waals surface area (Å²) in [5, 5.41) is 0.283. The number of para-hydroxylation sites is 1. The molecule has 0 radical (unpaired) electrons. The normalized spacial score (nSPS) is 12.2. The standard InChI is InChI=1S/C22H15ClF3N3O3S/c1-13-27-18-8-4-2-6-15(18)21(30)29(13)14-10-11-17(23)19(12-14)28-33(31,32)20-9-5-3-7-16(20)22(24,25)26/h2-12,28H,1H3. The van der Waals surface area contributed by atoms with Gasteiger partial charge in [0, 0.05) is 0 Å². The lowest BCUT2D eigenvalue weighted by atomic mass is 10.2. The second-order valence-electron chi connectivity index (χ2n) is 7.08. The Morgan fingerprint density at radius 2 is 1.67 bits per heavy atom. The van der Waals surface area contributed by atoms with Gasteiger partial charge in [-0.3, -0.25) is 14.1 Å². The number of anilines is 1. The summed E-state index contributed by atoms with van der Waals surface area (Å²) < 4.78 is 69.0. The van der Waals surface area contributed by atoms with E-state index in [0.29, 0.717) is 22.8 Å². The number of nitrogens with zero attached hydrogens (tertiary/aromatic N) is 2. The highest BCUT2D eigenvalue weighted by atomic mass is 35.5. The first kappa shape index (κ1) is 22.8. The molecule has 0 amide bonds. The van der Waals surface area contributed by atoms with Gasteiger partial charge in [-0.15, -0.1) is 0 Å². The number of sulfonamides is 1. The number of aryl methyl sites for hydroxylation is 1. The lowest BCUT2D eigenvalue weighted by molar-refractivity contribution is -0.139. The average Bonchev–Trinajstić information content (AvgIpc) is 2.75. The molecule has 1 aromatic heterocycles. The first-order valence-corrected chi connectivity index (χ1v) is 11.3. The molecule has 0 saturated carbocycles. The topological polar surface area (TPSA) is 81.1 Å². The summed E-state index contributed by atoms with van der Waals surface area (Å²) in [5.41, 5.74) is -1.16. The fraction of sp³-hybridized carbons (Fsp3) is 0.0909. The van der Waals surface area contributed by atoms with Crippen LogP contribution in [0, 0.1) is 6.92 Å². The third kappa shape index (κ3) is 4.31. The van der Waals surface area contributed by atoms with E-state index >= 15 is 0 Å². The molecule has 0 aliphatic carbocycles. The molecule has 0 atom stereocenters. The van der Waals surface area contributed by atoms with E-state index < -0.39 is 32.2 Å². The number of alkyl halides is 3. The molecule has 0 aliphatic heterocycles. The quantitative estimate of drug-likeness (QED) is 0.425. The molecule has 0 fully saturated rings. The summed E-state index contributed by atoms with van der Waals surface area (Å²) in [6.07, 6.45) is -4.88. The summed E-state index contributed by atoms with van der Waals surface area (Å²) in [6.45, 7) is 1.60. The van der Waals surface area contributed by atoms with Gasteiger partial charge in [-0.05, 0) is 49.4 Å². The molecule has 0 saturated heterocycles. The predicted octanol–water partition coefficient (Wildman–Crippen LogP) is 5.17. The molecule has 1 heterocycles. The zero-order chi connectivity index (χ0) is 24.0. The maximum absolute atomic E-state index is 13.3.